The molecule has 0 radical (unpaired) electrons. The van der Waals surface area contributed by atoms with Crippen molar-refractivity contribution in [3.8, 4) is 29.1 Å². The second-order valence-corrected chi connectivity index (χ2v) is 8.34. The lowest BCUT2D eigenvalue weighted by Gasteiger charge is -2.31. The molecule has 0 saturated carbocycles. The molecule has 2 heterocycles. The summed E-state index contributed by atoms with van der Waals surface area (Å²) in [5.74, 6) is 1.75. The Kier molecular flexibility index (Phi) is 7.22. The van der Waals surface area contributed by atoms with Gasteiger partial charge in [-0.15, -0.1) is 0 Å². The largest absolute Gasteiger partial charge is 0.493 e. The number of pyridine rings is 1. The lowest BCUT2D eigenvalue weighted by molar-refractivity contribution is 0.184. The summed E-state index contributed by atoms with van der Waals surface area (Å²) < 4.78 is 22.4. The fourth-order valence-corrected chi connectivity index (χ4v) is 4.04. The van der Waals surface area contributed by atoms with Crippen LogP contribution in [0.5, 0.6) is 23.0 Å². The minimum Gasteiger partial charge on any atom is -0.493 e. The highest BCUT2D eigenvalue weighted by molar-refractivity contribution is 5.95. The standard InChI is InChI=1S/C26H28N4O5/c1-17(2)34-20-9-7-19(8-10-20)30(29-11-5-6-12-29)26(31)35-25-18(15-27)16-28-22-14-24(33-4)23(32-3)13-21(22)25/h7-10,13-14,16-17H,5-6,11-12H2,1-4H3. The number of hydrazine groups is 1. The molecule has 1 fully saturated rings. The van der Waals surface area contributed by atoms with Gasteiger partial charge in [0.05, 0.1) is 31.5 Å². The van der Waals surface area contributed by atoms with Crippen LogP contribution >= 0.6 is 0 Å². The molecule has 4 rings (SSSR count). The lowest BCUT2D eigenvalue weighted by Crippen LogP contribution is -2.46. The number of hydrogen-bond acceptors (Lipinski definition) is 8. The third kappa shape index (κ3) is 5.08. The summed E-state index contributed by atoms with van der Waals surface area (Å²) in [4.78, 5) is 17.9. The average Bonchev–Trinajstić information content (AvgIpc) is 3.38. The number of carbonyl (C=O) groups excluding carboxylic acids is 1. The van der Waals surface area contributed by atoms with E-state index in [1.165, 1.54) is 25.4 Å². The van der Waals surface area contributed by atoms with E-state index in [2.05, 4.69) is 11.1 Å². The minimum absolute atomic E-state index is 0.0421. The van der Waals surface area contributed by atoms with Gasteiger partial charge in [-0.2, -0.15) is 5.26 Å². The SMILES string of the molecule is COc1cc2ncc(C#N)c(OC(=O)N(c3ccc(OC(C)C)cc3)N3CCCC3)c2cc1OC. The molecule has 0 bridgehead atoms. The first-order valence-corrected chi connectivity index (χ1v) is 11.4. The number of rotatable bonds is 7. The fraction of sp³-hybridized carbons (Fsp3) is 0.346. The summed E-state index contributed by atoms with van der Waals surface area (Å²) in [5, 5.41) is 13.6. The third-order valence-electron chi connectivity index (χ3n) is 5.62. The van der Waals surface area contributed by atoms with E-state index >= 15 is 0 Å². The molecule has 1 aromatic heterocycles. The zero-order valence-electron chi connectivity index (χ0n) is 20.3. The summed E-state index contributed by atoms with van der Waals surface area (Å²) in [6, 6.07) is 12.7. The molecule has 0 spiro atoms. The summed E-state index contributed by atoms with van der Waals surface area (Å²) in [7, 11) is 3.04. The number of anilines is 1. The molecule has 35 heavy (non-hydrogen) atoms. The molecule has 1 saturated heterocycles. The Hall–Kier alpha value is -4.03. The number of benzene rings is 2. The topological polar surface area (TPSA) is 97.2 Å². The number of amides is 1. The van der Waals surface area contributed by atoms with Crippen LogP contribution in [0.3, 0.4) is 0 Å². The highest BCUT2D eigenvalue weighted by atomic mass is 16.6. The van der Waals surface area contributed by atoms with Crippen LogP contribution in [-0.4, -0.2) is 49.5 Å². The van der Waals surface area contributed by atoms with Crippen LogP contribution in [0.25, 0.3) is 10.9 Å². The van der Waals surface area contributed by atoms with Gasteiger partial charge in [0.15, 0.2) is 17.2 Å². The van der Waals surface area contributed by atoms with Gasteiger partial charge in [0.1, 0.15) is 17.4 Å². The van der Waals surface area contributed by atoms with Crippen LogP contribution in [0.2, 0.25) is 0 Å². The number of carbonyl (C=O) groups is 1. The zero-order chi connectivity index (χ0) is 24.9. The second-order valence-electron chi connectivity index (χ2n) is 8.34. The van der Waals surface area contributed by atoms with E-state index in [-0.39, 0.29) is 17.4 Å². The number of ether oxygens (including phenoxy) is 4. The van der Waals surface area contributed by atoms with Gasteiger partial charge in [0.25, 0.3) is 0 Å². The normalized spacial score (nSPS) is 13.5. The quantitative estimate of drug-likeness (QED) is 0.474. The van der Waals surface area contributed by atoms with Gasteiger partial charge in [0.2, 0.25) is 0 Å². The predicted octanol–water partition coefficient (Wildman–Crippen LogP) is 4.93. The van der Waals surface area contributed by atoms with Gasteiger partial charge in [-0.3, -0.25) is 4.98 Å². The van der Waals surface area contributed by atoms with Crippen LogP contribution in [0.1, 0.15) is 32.3 Å². The molecule has 0 unspecified atom stereocenters. The average molecular weight is 477 g/mol. The number of methoxy groups -OCH3 is 2. The van der Waals surface area contributed by atoms with Crippen LogP contribution in [0.4, 0.5) is 10.5 Å². The monoisotopic (exact) mass is 476 g/mol. The lowest BCUT2D eigenvalue weighted by atomic mass is 10.1. The van der Waals surface area contributed by atoms with Crippen molar-refractivity contribution >= 4 is 22.7 Å². The Balaban J connectivity index is 1.73. The molecule has 9 heteroatoms. The van der Waals surface area contributed by atoms with E-state index in [9.17, 15) is 10.1 Å². The first kappa shape index (κ1) is 24.1. The molecule has 9 nitrogen and oxygen atoms in total. The molecule has 1 aliphatic heterocycles. The number of hydrogen-bond donors (Lipinski definition) is 0. The van der Waals surface area contributed by atoms with Crippen molar-refractivity contribution in [1.82, 2.24) is 9.99 Å². The Morgan fingerprint density at radius 1 is 1.09 bits per heavy atom. The van der Waals surface area contributed by atoms with Crippen molar-refractivity contribution in [2.75, 3.05) is 32.3 Å². The number of nitriles is 1. The third-order valence-corrected chi connectivity index (χ3v) is 5.62. The van der Waals surface area contributed by atoms with E-state index in [0.29, 0.717) is 46.9 Å². The first-order chi connectivity index (χ1) is 16.9. The van der Waals surface area contributed by atoms with Crippen LogP contribution < -0.4 is 24.0 Å². The number of fused-ring (bicyclic) bond motifs is 1. The Bertz CT molecular complexity index is 1250. The molecule has 0 atom stereocenters. The van der Waals surface area contributed by atoms with Crippen molar-refractivity contribution < 1.29 is 23.7 Å². The van der Waals surface area contributed by atoms with Crippen molar-refractivity contribution in [2.45, 2.75) is 32.8 Å². The predicted molar refractivity (Wildman–Crippen MR) is 131 cm³/mol. The van der Waals surface area contributed by atoms with Crippen molar-refractivity contribution in [3.05, 3.63) is 48.2 Å². The van der Waals surface area contributed by atoms with Crippen molar-refractivity contribution in [3.63, 3.8) is 0 Å². The molecule has 1 aliphatic rings. The maximum atomic E-state index is 13.6. The maximum absolute atomic E-state index is 13.6. The van der Waals surface area contributed by atoms with Crippen LogP contribution in [0, 0.1) is 11.3 Å². The van der Waals surface area contributed by atoms with Crippen molar-refractivity contribution in [1.29, 1.82) is 5.26 Å². The molecule has 3 aromatic rings. The Morgan fingerprint density at radius 2 is 1.74 bits per heavy atom. The zero-order valence-corrected chi connectivity index (χ0v) is 20.3. The first-order valence-electron chi connectivity index (χ1n) is 11.4. The van der Waals surface area contributed by atoms with E-state index in [1.54, 1.807) is 12.1 Å². The summed E-state index contributed by atoms with van der Waals surface area (Å²) in [5.41, 5.74) is 1.29. The molecule has 1 amide bonds. The van der Waals surface area contributed by atoms with Gasteiger partial charge in [-0.05, 0) is 57.0 Å². The highest BCUT2D eigenvalue weighted by Gasteiger charge is 2.29. The van der Waals surface area contributed by atoms with Gasteiger partial charge < -0.3 is 18.9 Å². The maximum Gasteiger partial charge on any atom is 0.434 e. The van der Waals surface area contributed by atoms with E-state index in [1.807, 2.05) is 43.1 Å². The molecule has 2 aromatic carbocycles. The Morgan fingerprint density at radius 3 is 2.34 bits per heavy atom. The number of aromatic nitrogens is 1. The van der Waals surface area contributed by atoms with E-state index in [4.69, 9.17) is 18.9 Å². The summed E-state index contributed by atoms with van der Waals surface area (Å²) in [6.45, 7) is 5.34. The summed E-state index contributed by atoms with van der Waals surface area (Å²) >= 11 is 0. The van der Waals surface area contributed by atoms with Gasteiger partial charge in [0, 0.05) is 30.7 Å². The molecule has 0 aliphatic carbocycles. The van der Waals surface area contributed by atoms with E-state index in [0.717, 1.165) is 12.8 Å². The molecule has 182 valence electrons. The van der Waals surface area contributed by atoms with E-state index < -0.39 is 6.09 Å². The van der Waals surface area contributed by atoms with Crippen LogP contribution in [-0.2, 0) is 0 Å². The number of nitrogens with zero attached hydrogens (tertiary/aromatic N) is 4. The molecular weight excluding hydrogens is 448 g/mol. The summed E-state index contributed by atoms with van der Waals surface area (Å²) in [6.07, 6.45) is 2.74. The minimum atomic E-state index is -0.622. The molecular formula is C26H28N4O5. The fourth-order valence-electron chi connectivity index (χ4n) is 4.04. The highest BCUT2D eigenvalue weighted by Crippen LogP contribution is 2.37. The Labute approximate surface area is 204 Å². The van der Waals surface area contributed by atoms with Gasteiger partial charge >= 0.3 is 6.09 Å². The van der Waals surface area contributed by atoms with Gasteiger partial charge in [-0.1, -0.05) is 0 Å². The molecule has 0 N–H and O–H groups in total. The second kappa shape index (κ2) is 10.5. The van der Waals surface area contributed by atoms with Crippen molar-refractivity contribution in [2.24, 2.45) is 0 Å². The smallest absolute Gasteiger partial charge is 0.434 e. The van der Waals surface area contributed by atoms with Crippen LogP contribution in [0.15, 0.2) is 42.6 Å². The van der Waals surface area contributed by atoms with Gasteiger partial charge in [-0.25, -0.2) is 14.8 Å².